The first-order chi connectivity index (χ1) is 4.70. The monoisotopic (exact) mass is 137 g/mol. The Bertz CT molecular complexity index is 201. The van der Waals surface area contributed by atoms with Crippen molar-refractivity contribution in [1.29, 1.82) is 0 Å². The van der Waals surface area contributed by atoms with Crippen LogP contribution < -0.4 is 0 Å². The minimum atomic E-state index is 0.687. The lowest BCUT2D eigenvalue weighted by Crippen LogP contribution is -2.02. The van der Waals surface area contributed by atoms with E-state index >= 15 is 0 Å². The second kappa shape index (κ2) is 2.86. The van der Waals surface area contributed by atoms with Gasteiger partial charge in [-0.15, -0.1) is 0 Å². The summed E-state index contributed by atoms with van der Waals surface area (Å²) in [5, 5.41) is 4.03. The Morgan fingerprint density at radius 3 is 2.80 bits per heavy atom. The van der Waals surface area contributed by atoms with Crippen LogP contribution in [0.4, 0.5) is 0 Å². The van der Waals surface area contributed by atoms with Gasteiger partial charge >= 0.3 is 0 Å². The maximum absolute atomic E-state index is 4.03. The molecule has 0 fully saturated rings. The summed E-state index contributed by atoms with van der Waals surface area (Å²) in [5.74, 6) is 0.687. The molecule has 0 spiro atoms. The Kier molecular flexibility index (Phi) is 2.10. The molecule has 1 rings (SSSR count). The topological polar surface area (TPSA) is 17.8 Å². The second-order valence-electron chi connectivity index (χ2n) is 2.96. The van der Waals surface area contributed by atoms with Gasteiger partial charge in [0.05, 0.1) is 6.20 Å². The predicted octanol–water partition coefficient (Wildman–Crippen LogP) is 1.42. The van der Waals surface area contributed by atoms with Crippen molar-refractivity contribution in [2.45, 2.75) is 20.3 Å². The lowest BCUT2D eigenvalue weighted by atomic mass is 10.1. The summed E-state index contributed by atoms with van der Waals surface area (Å²) in [6.07, 6.45) is 2.79. The molecule has 0 amide bonds. The number of aromatic nitrogens is 2. The van der Waals surface area contributed by atoms with Crippen molar-refractivity contribution in [3.63, 3.8) is 0 Å². The van der Waals surface area contributed by atoms with Crippen LogP contribution in [0.25, 0.3) is 0 Å². The number of rotatable bonds is 2. The van der Waals surface area contributed by atoms with Crippen LogP contribution in [0.2, 0.25) is 0 Å². The van der Waals surface area contributed by atoms with Gasteiger partial charge < -0.3 is 0 Å². The Morgan fingerprint density at radius 2 is 2.40 bits per heavy atom. The predicted molar refractivity (Wildman–Crippen MR) is 40.6 cm³/mol. The van der Waals surface area contributed by atoms with Crippen LogP contribution >= 0.6 is 0 Å². The molecule has 2 nitrogen and oxygen atoms in total. The van der Waals surface area contributed by atoms with E-state index in [2.05, 4.69) is 25.0 Å². The summed E-state index contributed by atoms with van der Waals surface area (Å²) in [6.45, 7) is 4.39. The first-order valence-corrected chi connectivity index (χ1v) is 3.58. The lowest BCUT2D eigenvalue weighted by Gasteiger charge is -2.03. The fourth-order valence-corrected chi connectivity index (χ4v) is 0.931. The van der Waals surface area contributed by atoms with Crippen molar-refractivity contribution in [2.24, 2.45) is 13.0 Å². The molecule has 0 unspecified atom stereocenters. The molecule has 0 saturated carbocycles. The summed E-state index contributed by atoms with van der Waals surface area (Å²) in [4.78, 5) is 0. The first-order valence-electron chi connectivity index (χ1n) is 3.58. The zero-order valence-corrected chi connectivity index (χ0v) is 6.76. The average Bonchev–Trinajstić information content (AvgIpc) is 2.15. The van der Waals surface area contributed by atoms with Crippen LogP contribution in [0.15, 0.2) is 6.20 Å². The minimum Gasteiger partial charge on any atom is -0.272 e. The van der Waals surface area contributed by atoms with Gasteiger partial charge in [0.25, 0.3) is 0 Å². The summed E-state index contributed by atoms with van der Waals surface area (Å²) < 4.78 is 1.88. The minimum absolute atomic E-state index is 0.687. The third kappa shape index (κ3) is 1.59. The van der Waals surface area contributed by atoms with Crippen LogP contribution in [-0.2, 0) is 13.5 Å². The summed E-state index contributed by atoms with van der Waals surface area (Å²) in [5.41, 5.74) is 1.19. The molecule has 55 valence electrons. The third-order valence-corrected chi connectivity index (χ3v) is 1.45. The van der Waals surface area contributed by atoms with Gasteiger partial charge in [-0.05, 0) is 12.3 Å². The molecule has 1 aromatic heterocycles. The Labute approximate surface area is 61.9 Å². The van der Waals surface area contributed by atoms with Gasteiger partial charge in [0.1, 0.15) is 0 Å². The zero-order chi connectivity index (χ0) is 7.56. The fraction of sp³-hybridized carbons (Fsp3) is 0.625. The third-order valence-electron chi connectivity index (χ3n) is 1.45. The number of hydrogen-bond acceptors (Lipinski definition) is 1. The molecule has 0 N–H and O–H groups in total. The maximum Gasteiger partial charge on any atom is 0.0572 e. The van der Waals surface area contributed by atoms with Crippen LogP contribution in [0, 0.1) is 12.0 Å². The fourth-order valence-electron chi connectivity index (χ4n) is 0.931. The lowest BCUT2D eigenvalue weighted by molar-refractivity contribution is 0.595. The summed E-state index contributed by atoms with van der Waals surface area (Å²) in [6, 6.07) is 3.09. The summed E-state index contributed by atoms with van der Waals surface area (Å²) >= 11 is 0. The van der Waals surface area contributed by atoms with Gasteiger partial charge in [0.15, 0.2) is 0 Å². The maximum atomic E-state index is 4.03. The van der Waals surface area contributed by atoms with Gasteiger partial charge in [-0.3, -0.25) is 4.68 Å². The Hall–Kier alpha value is -0.790. The van der Waals surface area contributed by atoms with E-state index in [1.165, 1.54) is 5.69 Å². The van der Waals surface area contributed by atoms with Crippen LogP contribution in [0.3, 0.4) is 0 Å². The standard InChI is InChI=1S/C8H13N2/c1-7(2)6-8-4-5-9-10(8)3/h5,7H,6H2,1-3H3. The van der Waals surface area contributed by atoms with Gasteiger partial charge in [-0.2, -0.15) is 5.10 Å². The molecule has 0 aromatic carbocycles. The van der Waals surface area contributed by atoms with Crippen molar-refractivity contribution < 1.29 is 0 Å². The largest absolute Gasteiger partial charge is 0.272 e. The molecule has 2 heteroatoms. The highest BCUT2D eigenvalue weighted by molar-refractivity contribution is 4.97. The van der Waals surface area contributed by atoms with Crippen LogP contribution in [-0.4, -0.2) is 9.78 Å². The molecule has 0 atom stereocenters. The van der Waals surface area contributed by atoms with E-state index < -0.39 is 0 Å². The Morgan fingerprint density at radius 1 is 1.70 bits per heavy atom. The van der Waals surface area contributed by atoms with Crippen molar-refractivity contribution in [2.75, 3.05) is 0 Å². The van der Waals surface area contributed by atoms with E-state index in [9.17, 15) is 0 Å². The van der Waals surface area contributed by atoms with Crippen molar-refractivity contribution in [3.05, 3.63) is 18.0 Å². The molecule has 1 heterocycles. The van der Waals surface area contributed by atoms with Crippen LogP contribution in [0.1, 0.15) is 19.5 Å². The summed E-state index contributed by atoms with van der Waals surface area (Å²) in [7, 11) is 1.95. The quantitative estimate of drug-likeness (QED) is 0.602. The first kappa shape index (κ1) is 7.32. The molecule has 0 aliphatic carbocycles. The molecule has 0 aliphatic heterocycles. The van der Waals surface area contributed by atoms with Crippen molar-refractivity contribution in [1.82, 2.24) is 9.78 Å². The van der Waals surface area contributed by atoms with Gasteiger partial charge in [-0.1, -0.05) is 13.8 Å². The molecular formula is C8H13N2. The highest BCUT2D eigenvalue weighted by atomic mass is 15.2. The molecule has 0 bridgehead atoms. The van der Waals surface area contributed by atoms with E-state index in [1.54, 1.807) is 6.20 Å². The number of hydrogen-bond donors (Lipinski definition) is 0. The van der Waals surface area contributed by atoms with Gasteiger partial charge in [-0.25, -0.2) is 0 Å². The van der Waals surface area contributed by atoms with E-state index in [0.717, 1.165) is 6.42 Å². The van der Waals surface area contributed by atoms with E-state index in [4.69, 9.17) is 0 Å². The molecule has 1 radical (unpaired) electrons. The van der Waals surface area contributed by atoms with E-state index in [0.29, 0.717) is 5.92 Å². The van der Waals surface area contributed by atoms with Crippen molar-refractivity contribution >= 4 is 0 Å². The van der Waals surface area contributed by atoms with E-state index in [-0.39, 0.29) is 0 Å². The van der Waals surface area contributed by atoms with Gasteiger partial charge in [0, 0.05) is 18.8 Å². The Balaban J connectivity index is 2.65. The SMILES string of the molecule is CC(C)Cc1[c]cnn1C. The van der Waals surface area contributed by atoms with Crippen LogP contribution in [0.5, 0.6) is 0 Å². The average molecular weight is 137 g/mol. The highest BCUT2D eigenvalue weighted by Crippen LogP contribution is 2.04. The molecular weight excluding hydrogens is 124 g/mol. The highest BCUT2D eigenvalue weighted by Gasteiger charge is 2.00. The smallest absolute Gasteiger partial charge is 0.0572 e. The normalized spacial score (nSPS) is 10.8. The number of nitrogens with zero attached hydrogens (tertiary/aromatic N) is 2. The molecule has 0 aliphatic rings. The van der Waals surface area contributed by atoms with Gasteiger partial charge in [0.2, 0.25) is 0 Å². The number of aryl methyl sites for hydroxylation is 1. The second-order valence-corrected chi connectivity index (χ2v) is 2.96. The molecule has 0 saturated heterocycles. The van der Waals surface area contributed by atoms with Crippen molar-refractivity contribution in [3.8, 4) is 0 Å². The molecule has 10 heavy (non-hydrogen) atoms. The van der Waals surface area contributed by atoms with E-state index in [1.807, 2.05) is 11.7 Å². The zero-order valence-electron chi connectivity index (χ0n) is 6.76. The molecule has 1 aromatic rings.